The van der Waals surface area contributed by atoms with E-state index >= 15 is 0 Å². The SMILES string of the molecule is CCCCNc1cc(CNCCC(F)(F)F)cc(S(N)(=O)=O)c1Oc1ccccc1. The predicted octanol–water partition coefficient (Wildman–Crippen LogP) is 4.38. The first-order valence-electron chi connectivity index (χ1n) is 9.54. The van der Waals surface area contributed by atoms with Crippen LogP contribution in [0, 0.1) is 0 Å². The van der Waals surface area contributed by atoms with Gasteiger partial charge in [0.25, 0.3) is 0 Å². The molecule has 0 radical (unpaired) electrons. The molecule has 6 nitrogen and oxygen atoms in total. The third kappa shape index (κ3) is 7.85. The van der Waals surface area contributed by atoms with E-state index in [4.69, 9.17) is 9.88 Å². The van der Waals surface area contributed by atoms with Crippen LogP contribution < -0.4 is 20.5 Å². The van der Waals surface area contributed by atoms with Gasteiger partial charge in [-0.3, -0.25) is 0 Å². The molecular weight excluding hydrogens is 419 g/mol. The summed E-state index contributed by atoms with van der Waals surface area (Å²) in [6, 6.07) is 11.6. The minimum Gasteiger partial charge on any atom is -0.454 e. The summed E-state index contributed by atoms with van der Waals surface area (Å²) >= 11 is 0. The molecule has 0 saturated carbocycles. The van der Waals surface area contributed by atoms with E-state index in [1.165, 1.54) is 6.07 Å². The third-order valence-corrected chi connectivity index (χ3v) is 5.06. The molecule has 30 heavy (non-hydrogen) atoms. The Morgan fingerprint density at radius 2 is 1.80 bits per heavy atom. The Kier molecular flexibility index (Phi) is 8.51. The van der Waals surface area contributed by atoms with Crippen LogP contribution >= 0.6 is 0 Å². The lowest BCUT2D eigenvalue weighted by Crippen LogP contribution is -2.22. The first-order valence-corrected chi connectivity index (χ1v) is 11.1. The third-order valence-electron chi connectivity index (χ3n) is 4.14. The summed E-state index contributed by atoms with van der Waals surface area (Å²) in [6.07, 6.45) is -3.49. The highest BCUT2D eigenvalue weighted by Gasteiger charge is 2.26. The van der Waals surface area contributed by atoms with Crippen LogP contribution in [0.2, 0.25) is 0 Å². The second kappa shape index (κ2) is 10.6. The van der Waals surface area contributed by atoms with Gasteiger partial charge >= 0.3 is 6.18 Å². The number of nitrogens with two attached hydrogens (primary N) is 1. The number of halogens is 3. The minimum atomic E-state index is -4.26. The molecule has 0 aliphatic carbocycles. The molecule has 2 rings (SSSR count). The van der Waals surface area contributed by atoms with Gasteiger partial charge in [0.1, 0.15) is 10.6 Å². The Balaban J connectivity index is 2.36. The number of ether oxygens (including phenoxy) is 1. The van der Waals surface area contributed by atoms with Gasteiger partial charge in [0, 0.05) is 19.6 Å². The van der Waals surface area contributed by atoms with Gasteiger partial charge in [0.2, 0.25) is 10.0 Å². The van der Waals surface area contributed by atoms with Crippen LogP contribution in [-0.4, -0.2) is 27.7 Å². The van der Waals surface area contributed by atoms with Crippen molar-refractivity contribution in [3.63, 3.8) is 0 Å². The second-order valence-corrected chi connectivity index (χ2v) is 8.28. The van der Waals surface area contributed by atoms with E-state index in [2.05, 4.69) is 10.6 Å². The number of sulfonamides is 1. The van der Waals surface area contributed by atoms with Crippen molar-refractivity contribution < 1.29 is 26.3 Å². The van der Waals surface area contributed by atoms with E-state index in [0.717, 1.165) is 12.8 Å². The standard InChI is InChI=1S/C20H26F3N3O3S/c1-2-3-10-26-17-12-15(14-25-11-9-20(21,22)23)13-18(30(24,27)28)19(17)29-16-7-5-4-6-8-16/h4-8,12-13,25-26H,2-3,9-11,14H2,1H3,(H2,24,27,28). The number of hydrogen-bond acceptors (Lipinski definition) is 5. The summed E-state index contributed by atoms with van der Waals surface area (Å²) in [4.78, 5) is -0.236. The molecule has 0 heterocycles. The van der Waals surface area contributed by atoms with Crippen molar-refractivity contribution in [3.8, 4) is 11.5 Å². The molecule has 10 heteroatoms. The maximum absolute atomic E-state index is 12.3. The van der Waals surface area contributed by atoms with E-state index in [1.54, 1.807) is 36.4 Å². The predicted molar refractivity (Wildman–Crippen MR) is 110 cm³/mol. The van der Waals surface area contributed by atoms with Gasteiger partial charge in [-0.25, -0.2) is 13.6 Å². The lowest BCUT2D eigenvalue weighted by atomic mass is 10.1. The Bertz CT molecular complexity index is 920. The van der Waals surface area contributed by atoms with Gasteiger partial charge in [0.05, 0.1) is 12.1 Å². The second-order valence-electron chi connectivity index (χ2n) is 6.75. The topological polar surface area (TPSA) is 93.5 Å². The van der Waals surface area contributed by atoms with Crippen molar-refractivity contribution >= 4 is 15.7 Å². The summed E-state index contributed by atoms with van der Waals surface area (Å²) in [5.74, 6) is 0.482. The fourth-order valence-electron chi connectivity index (χ4n) is 2.68. The molecule has 0 unspecified atom stereocenters. The van der Waals surface area contributed by atoms with Gasteiger partial charge in [0.15, 0.2) is 5.75 Å². The molecule has 0 spiro atoms. The highest BCUT2D eigenvalue weighted by molar-refractivity contribution is 7.89. The Hall–Kier alpha value is -2.30. The highest BCUT2D eigenvalue weighted by Crippen LogP contribution is 2.37. The number of rotatable bonds is 11. The number of nitrogens with one attached hydrogen (secondary N) is 2. The van der Waals surface area contributed by atoms with Crippen molar-refractivity contribution in [2.24, 2.45) is 5.14 Å². The molecule has 0 aliphatic heterocycles. The van der Waals surface area contributed by atoms with Crippen LogP contribution in [0.3, 0.4) is 0 Å². The Morgan fingerprint density at radius 3 is 2.40 bits per heavy atom. The molecule has 0 amide bonds. The number of primary sulfonamides is 1. The van der Waals surface area contributed by atoms with Crippen LogP contribution in [0.25, 0.3) is 0 Å². The minimum absolute atomic E-state index is 0.0483. The zero-order valence-electron chi connectivity index (χ0n) is 16.6. The number of hydrogen-bond donors (Lipinski definition) is 3. The molecule has 2 aromatic rings. The summed E-state index contributed by atoms with van der Waals surface area (Å²) in [6.45, 7) is 2.35. The molecule has 0 fully saturated rings. The lowest BCUT2D eigenvalue weighted by molar-refractivity contribution is -0.133. The summed E-state index contributed by atoms with van der Waals surface area (Å²) in [7, 11) is -4.16. The van der Waals surface area contributed by atoms with Gasteiger partial charge in [-0.05, 0) is 36.2 Å². The smallest absolute Gasteiger partial charge is 0.390 e. The molecule has 4 N–H and O–H groups in total. The molecule has 0 aliphatic rings. The summed E-state index contributed by atoms with van der Waals surface area (Å²) in [5.41, 5.74) is 0.882. The number of unbranched alkanes of at least 4 members (excludes halogenated alkanes) is 1. The van der Waals surface area contributed by atoms with Gasteiger partial charge in [-0.1, -0.05) is 31.5 Å². The van der Waals surface area contributed by atoms with Crippen molar-refractivity contribution in [1.82, 2.24) is 5.32 Å². The zero-order valence-corrected chi connectivity index (χ0v) is 17.4. The normalized spacial score (nSPS) is 12.0. The highest BCUT2D eigenvalue weighted by atomic mass is 32.2. The van der Waals surface area contributed by atoms with E-state index in [9.17, 15) is 21.6 Å². The summed E-state index contributed by atoms with van der Waals surface area (Å²) < 4.78 is 67.3. The van der Waals surface area contributed by atoms with Crippen LogP contribution in [-0.2, 0) is 16.6 Å². The molecule has 0 atom stereocenters. The maximum atomic E-state index is 12.3. The van der Waals surface area contributed by atoms with Gasteiger partial charge in [-0.2, -0.15) is 13.2 Å². The monoisotopic (exact) mass is 445 g/mol. The Labute approximate surface area is 174 Å². The fraction of sp³-hybridized carbons (Fsp3) is 0.400. The number of benzene rings is 2. The molecule has 166 valence electrons. The average Bonchev–Trinajstić information content (AvgIpc) is 2.66. The first-order chi connectivity index (χ1) is 14.1. The number of anilines is 1. The molecule has 0 aromatic heterocycles. The zero-order chi connectivity index (χ0) is 22.2. The van der Waals surface area contributed by atoms with Gasteiger partial charge < -0.3 is 15.4 Å². The van der Waals surface area contributed by atoms with E-state index in [0.29, 0.717) is 23.5 Å². The van der Waals surface area contributed by atoms with Crippen LogP contribution in [0.15, 0.2) is 47.4 Å². The number of alkyl halides is 3. The van der Waals surface area contributed by atoms with Crippen molar-refractivity contribution in [3.05, 3.63) is 48.0 Å². The van der Waals surface area contributed by atoms with Gasteiger partial charge in [-0.15, -0.1) is 0 Å². The quantitative estimate of drug-likeness (QED) is 0.447. The molecule has 0 saturated heterocycles. The fourth-order valence-corrected chi connectivity index (χ4v) is 3.40. The average molecular weight is 446 g/mol. The van der Waals surface area contributed by atoms with Crippen molar-refractivity contribution in [1.29, 1.82) is 0 Å². The molecular formula is C20H26F3N3O3S. The van der Waals surface area contributed by atoms with E-state index in [-0.39, 0.29) is 23.7 Å². The summed E-state index contributed by atoms with van der Waals surface area (Å²) in [5, 5.41) is 11.2. The van der Waals surface area contributed by atoms with Crippen LogP contribution in [0.4, 0.5) is 18.9 Å². The largest absolute Gasteiger partial charge is 0.454 e. The van der Waals surface area contributed by atoms with E-state index < -0.39 is 22.6 Å². The number of para-hydroxylation sites is 1. The Morgan fingerprint density at radius 1 is 1.10 bits per heavy atom. The van der Waals surface area contributed by atoms with Crippen LogP contribution in [0.1, 0.15) is 31.7 Å². The van der Waals surface area contributed by atoms with E-state index in [1.807, 2.05) is 6.92 Å². The first kappa shape index (κ1) is 24.0. The maximum Gasteiger partial charge on any atom is 0.390 e. The molecule has 2 aromatic carbocycles. The van der Waals surface area contributed by atoms with Crippen molar-refractivity contribution in [2.75, 3.05) is 18.4 Å². The molecule has 0 bridgehead atoms. The van der Waals surface area contributed by atoms with Crippen LogP contribution in [0.5, 0.6) is 11.5 Å². The van der Waals surface area contributed by atoms with Crippen molar-refractivity contribution in [2.45, 2.75) is 43.8 Å². The lowest BCUT2D eigenvalue weighted by Gasteiger charge is -2.18.